The van der Waals surface area contributed by atoms with Crippen LogP contribution in [-0.2, 0) is 6.42 Å². The van der Waals surface area contributed by atoms with Gasteiger partial charge in [-0.05, 0) is 19.0 Å². The van der Waals surface area contributed by atoms with Crippen molar-refractivity contribution in [3.05, 3.63) is 53.6 Å². The molecule has 0 atom stereocenters. The van der Waals surface area contributed by atoms with E-state index in [9.17, 15) is 0 Å². The van der Waals surface area contributed by atoms with Gasteiger partial charge >= 0.3 is 5.95 Å². The van der Waals surface area contributed by atoms with E-state index in [1.807, 2.05) is 18.2 Å². The second-order valence-corrected chi connectivity index (χ2v) is 6.08. The number of rotatable bonds is 4. The van der Waals surface area contributed by atoms with Gasteiger partial charge in [-0.2, -0.15) is 0 Å². The van der Waals surface area contributed by atoms with E-state index in [1.54, 1.807) is 7.11 Å². The topological polar surface area (TPSA) is 38.5 Å². The van der Waals surface area contributed by atoms with Crippen molar-refractivity contribution in [3.8, 4) is 5.95 Å². The zero-order chi connectivity index (χ0) is 17.4. The molecule has 2 heterocycles. The predicted molar refractivity (Wildman–Crippen MR) is 98.4 cm³/mol. The average molecular weight is 328 g/mol. The monoisotopic (exact) mass is 328 g/mol. The van der Waals surface area contributed by atoms with Crippen LogP contribution in [0.1, 0.15) is 43.8 Å². The highest BCUT2D eigenvalue weighted by Gasteiger charge is 2.19. The summed E-state index contributed by atoms with van der Waals surface area (Å²) in [6, 6.07) is 10.2. The number of benzene rings is 1. The number of hydrogen-bond acceptors (Lipinski definition) is 4. The Morgan fingerprint density at radius 1 is 1.21 bits per heavy atom. The lowest BCUT2D eigenvalue weighted by Crippen LogP contribution is -2.25. The van der Waals surface area contributed by atoms with Gasteiger partial charge in [-0.3, -0.25) is 0 Å². The molecule has 0 unspecified atom stereocenters. The Balaban J connectivity index is 0.000000647. The highest BCUT2D eigenvalue weighted by Crippen LogP contribution is 2.28. The van der Waals surface area contributed by atoms with Crippen molar-refractivity contribution in [2.75, 3.05) is 27.2 Å². The molecular weight excluding hydrogens is 300 g/mol. The Morgan fingerprint density at radius 3 is 2.54 bits per heavy atom. The van der Waals surface area contributed by atoms with E-state index in [2.05, 4.69) is 49.0 Å². The predicted octanol–water partition coefficient (Wildman–Crippen LogP) is 4.41. The van der Waals surface area contributed by atoms with Gasteiger partial charge in [0.05, 0.1) is 7.11 Å². The molecule has 4 heteroatoms. The first kappa shape index (κ1) is 18.3. The number of oxazole rings is 1. The number of aromatic nitrogens is 1. The maximum absolute atomic E-state index is 5.80. The summed E-state index contributed by atoms with van der Waals surface area (Å²) in [5, 5.41) is 0. The molecule has 0 aliphatic carbocycles. The molecule has 4 nitrogen and oxygen atoms in total. The molecule has 0 spiro atoms. The fourth-order valence-corrected chi connectivity index (χ4v) is 2.58. The molecule has 0 bridgehead atoms. The highest BCUT2D eigenvalue weighted by atomic mass is 16.6. The standard InChI is InChI=1S/C17H20N2O2.C3H8/c1-19-10-6-9-14(12-19)16-18-15(17(20-2)21-16)11-13-7-4-3-5-8-13;1-3-2/h3-5,7-9H,6,10-12H2,1-2H3;3H2,1-2H3. The molecule has 1 aromatic heterocycles. The van der Waals surface area contributed by atoms with E-state index in [-0.39, 0.29) is 0 Å². The molecule has 24 heavy (non-hydrogen) atoms. The van der Waals surface area contributed by atoms with Crippen molar-refractivity contribution in [2.45, 2.75) is 33.1 Å². The molecule has 0 radical (unpaired) electrons. The minimum atomic E-state index is 0.517. The number of ether oxygens (including phenoxy) is 1. The minimum Gasteiger partial charge on any atom is -0.467 e. The van der Waals surface area contributed by atoms with E-state index < -0.39 is 0 Å². The largest absolute Gasteiger partial charge is 0.467 e. The summed E-state index contributed by atoms with van der Waals surface area (Å²) < 4.78 is 11.1. The van der Waals surface area contributed by atoms with Gasteiger partial charge in [0.2, 0.25) is 5.89 Å². The second-order valence-electron chi connectivity index (χ2n) is 6.08. The molecule has 3 rings (SSSR count). The van der Waals surface area contributed by atoms with E-state index >= 15 is 0 Å². The Hall–Kier alpha value is -2.07. The van der Waals surface area contributed by atoms with Crippen molar-refractivity contribution in [3.63, 3.8) is 0 Å². The number of hydrogen-bond donors (Lipinski definition) is 0. The van der Waals surface area contributed by atoms with Crippen molar-refractivity contribution in [2.24, 2.45) is 0 Å². The van der Waals surface area contributed by atoms with Crippen molar-refractivity contribution in [1.29, 1.82) is 0 Å². The fourth-order valence-electron chi connectivity index (χ4n) is 2.58. The lowest BCUT2D eigenvalue weighted by atomic mass is 10.1. The zero-order valence-electron chi connectivity index (χ0n) is 15.2. The first-order chi connectivity index (χ1) is 11.7. The molecule has 0 N–H and O–H groups in total. The summed E-state index contributed by atoms with van der Waals surface area (Å²) in [5.74, 6) is 1.20. The maximum Gasteiger partial charge on any atom is 0.308 e. The summed E-state index contributed by atoms with van der Waals surface area (Å²) in [7, 11) is 3.73. The van der Waals surface area contributed by atoms with Crippen LogP contribution < -0.4 is 4.74 Å². The van der Waals surface area contributed by atoms with Crippen LogP contribution in [0.5, 0.6) is 5.95 Å². The van der Waals surface area contributed by atoms with Crippen molar-refractivity contribution >= 4 is 5.57 Å². The SMILES string of the molecule is CCC.COc1oc(C2=CCCN(C)C2)nc1Cc1ccccc1. The summed E-state index contributed by atoms with van der Waals surface area (Å²) in [6.45, 7) is 6.20. The van der Waals surface area contributed by atoms with Crippen LogP contribution in [-0.4, -0.2) is 37.1 Å². The van der Waals surface area contributed by atoms with Crippen LogP contribution in [0, 0.1) is 0 Å². The molecule has 130 valence electrons. The molecule has 0 fully saturated rings. The van der Waals surface area contributed by atoms with Gasteiger partial charge in [-0.25, -0.2) is 4.98 Å². The Morgan fingerprint density at radius 2 is 1.92 bits per heavy atom. The van der Waals surface area contributed by atoms with Gasteiger partial charge < -0.3 is 14.1 Å². The van der Waals surface area contributed by atoms with E-state index in [0.717, 1.165) is 37.2 Å². The third-order valence-electron chi connectivity index (χ3n) is 3.68. The fraction of sp³-hybridized carbons (Fsp3) is 0.450. The van der Waals surface area contributed by atoms with Crippen LogP contribution in [0.2, 0.25) is 0 Å². The third-order valence-corrected chi connectivity index (χ3v) is 3.68. The first-order valence-corrected chi connectivity index (χ1v) is 8.63. The summed E-state index contributed by atoms with van der Waals surface area (Å²) in [6.07, 6.45) is 5.21. The minimum absolute atomic E-state index is 0.517. The van der Waals surface area contributed by atoms with Crippen molar-refractivity contribution in [1.82, 2.24) is 9.88 Å². The van der Waals surface area contributed by atoms with Crippen LogP contribution in [0.4, 0.5) is 0 Å². The zero-order valence-corrected chi connectivity index (χ0v) is 15.2. The lowest BCUT2D eigenvalue weighted by Gasteiger charge is -2.20. The van der Waals surface area contributed by atoms with Gasteiger partial charge in [-0.15, -0.1) is 0 Å². The number of methoxy groups -OCH3 is 1. The third kappa shape index (κ3) is 4.96. The number of nitrogens with zero attached hydrogens (tertiary/aromatic N) is 2. The summed E-state index contributed by atoms with van der Waals surface area (Å²) in [5.41, 5.74) is 3.19. The Bertz CT molecular complexity index is 647. The van der Waals surface area contributed by atoms with Crippen LogP contribution >= 0.6 is 0 Å². The van der Waals surface area contributed by atoms with E-state index in [0.29, 0.717) is 11.8 Å². The van der Waals surface area contributed by atoms with Crippen molar-refractivity contribution < 1.29 is 9.15 Å². The van der Waals surface area contributed by atoms with Crippen LogP contribution in [0.25, 0.3) is 5.57 Å². The maximum atomic E-state index is 5.80. The molecule has 0 saturated heterocycles. The number of likely N-dealkylation sites (N-methyl/N-ethyl adjacent to an activating group) is 1. The quantitative estimate of drug-likeness (QED) is 0.833. The first-order valence-electron chi connectivity index (χ1n) is 8.63. The highest BCUT2D eigenvalue weighted by molar-refractivity contribution is 5.61. The molecule has 0 saturated carbocycles. The van der Waals surface area contributed by atoms with Gasteiger partial charge in [0.1, 0.15) is 5.69 Å². The van der Waals surface area contributed by atoms with Gasteiger partial charge in [0, 0.05) is 25.1 Å². The molecule has 1 aliphatic heterocycles. The van der Waals surface area contributed by atoms with E-state index in [4.69, 9.17) is 9.15 Å². The van der Waals surface area contributed by atoms with Gasteiger partial charge in [0.15, 0.2) is 0 Å². The van der Waals surface area contributed by atoms with E-state index in [1.165, 1.54) is 12.0 Å². The second kappa shape index (κ2) is 9.28. The van der Waals surface area contributed by atoms with Crippen LogP contribution in [0.3, 0.4) is 0 Å². The van der Waals surface area contributed by atoms with Gasteiger partial charge in [0.25, 0.3) is 0 Å². The molecular formula is C20H28N2O2. The molecule has 1 aliphatic rings. The van der Waals surface area contributed by atoms with Gasteiger partial charge in [-0.1, -0.05) is 56.7 Å². The molecule has 0 amide bonds. The molecule has 1 aromatic carbocycles. The average Bonchev–Trinajstić information content (AvgIpc) is 2.99. The summed E-state index contributed by atoms with van der Waals surface area (Å²) >= 11 is 0. The Labute approximate surface area is 145 Å². The lowest BCUT2D eigenvalue weighted by molar-refractivity contribution is 0.295. The normalized spacial score (nSPS) is 14.6. The summed E-state index contributed by atoms with van der Waals surface area (Å²) in [4.78, 5) is 6.91. The van der Waals surface area contributed by atoms with Crippen LogP contribution in [0.15, 0.2) is 40.8 Å². The molecule has 2 aromatic rings. The Kier molecular flexibility index (Phi) is 7.07. The smallest absolute Gasteiger partial charge is 0.308 e.